The van der Waals surface area contributed by atoms with Gasteiger partial charge in [-0.25, -0.2) is 0 Å². The van der Waals surface area contributed by atoms with Crippen molar-refractivity contribution in [3.05, 3.63) is 91.0 Å². The number of hydrogen-bond acceptors (Lipinski definition) is 0. The molecule has 3 rings (SSSR count). The fraction of sp³-hybridized carbons (Fsp3) is 0.143. The Balaban J connectivity index is 2.51. The van der Waals surface area contributed by atoms with E-state index in [4.69, 9.17) is 0 Å². The van der Waals surface area contributed by atoms with Crippen LogP contribution in [0.4, 0.5) is 26.3 Å². The molecule has 0 fully saturated rings. The van der Waals surface area contributed by atoms with Crippen LogP contribution >= 0.6 is 0 Å². The molecule has 0 saturated heterocycles. The molecule has 0 heterocycles. The first-order chi connectivity index (χ1) is 13.2. The molecule has 0 radical (unpaired) electrons. The van der Waals surface area contributed by atoms with Crippen molar-refractivity contribution in [1.82, 2.24) is 0 Å². The molecule has 0 aromatic heterocycles. The summed E-state index contributed by atoms with van der Waals surface area (Å²) in [5.74, 6) is 0. The quantitative estimate of drug-likeness (QED) is 0.361. The summed E-state index contributed by atoms with van der Waals surface area (Å²) < 4.78 is 81.6. The summed E-state index contributed by atoms with van der Waals surface area (Å²) in [7, 11) is 0. The van der Waals surface area contributed by atoms with Crippen LogP contribution in [0.2, 0.25) is 3.93 Å². The summed E-state index contributed by atoms with van der Waals surface area (Å²) in [6.07, 6.45) is -10.9. The summed E-state index contributed by atoms with van der Waals surface area (Å²) in [4.78, 5) is 0. The molecule has 3 aromatic rings. The summed E-state index contributed by atoms with van der Waals surface area (Å²) >= 11 is -5.64. The van der Waals surface area contributed by atoms with Gasteiger partial charge >= 0.3 is 163 Å². The van der Waals surface area contributed by atoms with E-state index < -0.39 is 34.7 Å². The molecule has 28 heavy (non-hydrogen) atoms. The zero-order valence-electron chi connectivity index (χ0n) is 14.5. The van der Waals surface area contributed by atoms with Crippen LogP contribution in [0.15, 0.2) is 91.0 Å². The van der Waals surface area contributed by atoms with Crippen molar-refractivity contribution in [3.8, 4) is 0 Å². The Hall–Kier alpha value is -1.96. The van der Waals surface area contributed by atoms with Crippen molar-refractivity contribution in [3.63, 3.8) is 0 Å². The first-order valence-electron chi connectivity index (χ1n) is 8.48. The number of benzene rings is 3. The topological polar surface area (TPSA) is 0 Å². The maximum absolute atomic E-state index is 14.1. The average molecular weight is 501 g/mol. The van der Waals surface area contributed by atoms with Gasteiger partial charge in [0.1, 0.15) is 0 Å². The fourth-order valence-corrected chi connectivity index (χ4v) is 18.4. The zero-order valence-corrected chi connectivity index (χ0v) is 17.4. The summed E-state index contributed by atoms with van der Waals surface area (Å²) in [5, 5.41) is 0. The van der Waals surface area contributed by atoms with Crippen LogP contribution < -0.4 is 10.7 Å². The molecule has 0 aliphatic carbocycles. The Morgan fingerprint density at radius 1 is 0.464 bits per heavy atom. The van der Waals surface area contributed by atoms with Crippen LogP contribution in [0, 0.1) is 0 Å². The van der Waals surface area contributed by atoms with Gasteiger partial charge in [0.15, 0.2) is 0 Å². The molecule has 0 aliphatic rings. The summed E-state index contributed by atoms with van der Waals surface area (Å²) in [6, 6.07) is 22.2. The Kier molecular flexibility index (Phi) is 5.79. The molecule has 0 aliphatic heterocycles. The van der Waals surface area contributed by atoms with Gasteiger partial charge in [0.05, 0.1) is 0 Å². The molecule has 7 heteroatoms. The molecule has 0 unspecified atom stereocenters. The van der Waals surface area contributed by atoms with Crippen molar-refractivity contribution >= 4 is 29.1 Å². The Labute approximate surface area is 162 Å². The van der Waals surface area contributed by atoms with Gasteiger partial charge in [-0.1, -0.05) is 0 Å². The van der Waals surface area contributed by atoms with Gasteiger partial charge in [-0.05, 0) is 0 Å². The van der Waals surface area contributed by atoms with Crippen LogP contribution in [-0.2, 0) is 0 Å². The first-order valence-corrected chi connectivity index (χ1v) is 14.4. The second-order valence-electron chi connectivity index (χ2n) is 6.42. The van der Waals surface area contributed by atoms with E-state index in [0.29, 0.717) is 0 Å². The molecule has 0 atom stereocenters. The molecular formula is C21H16F6Sn. The van der Waals surface area contributed by atoms with E-state index in [-0.39, 0.29) is 10.7 Å². The van der Waals surface area contributed by atoms with Crippen molar-refractivity contribution in [2.75, 3.05) is 0 Å². The van der Waals surface area contributed by atoms with Crippen molar-refractivity contribution in [2.45, 2.75) is 16.3 Å². The van der Waals surface area contributed by atoms with E-state index in [1.165, 1.54) is 72.8 Å². The Bertz CT molecular complexity index is 778. The molecular weight excluding hydrogens is 485 g/mol. The van der Waals surface area contributed by atoms with Gasteiger partial charge in [0.25, 0.3) is 0 Å². The minimum absolute atomic E-state index is 0.133. The Morgan fingerprint density at radius 2 is 0.714 bits per heavy atom. The van der Waals surface area contributed by atoms with E-state index in [1.54, 1.807) is 18.2 Å². The summed E-state index contributed by atoms with van der Waals surface area (Å²) in [6.45, 7) is 0. The number of hydrogen-bond donors (Lipinski definition) is 0. The predicted octanol–water partition coefficient (Wildman–Crippen LogP) is 4.65. The van der Waals surface area contributed by atoms with Gasteiger partial charge in [0, 0.05) is 0 Å². The number of halogens is 6. The van der Waals surface area contributed by atoms with Gasteiger partial charge in [-0.15, -0.1) is 0 Å². The SMILES string of the molecule is FC(F)(F)[CH](C(F)(F)F)[Sn]([c]1ccccc1)([c]1ccccc1)[c]1ccccc1. The van der Waals surface area contributed by atoms with Gasteiger partial charge in [-0.2, -0.15) is 0 Å². The minimum atomic E-state index is -5.64. The zero-order chi connectivity index (χ0) is 20.4. The van der Waals surface area contributed by atoms with E-state index >= 15 is 0 Å². The van der Waals surface area contributed by atoms with Crippen molar-refractivity contribution < 1.29 is 26.3 Å². The van der Waals surface area contributed by atoms with Crippen molar-refractivity contribution in [1.29, 1.82) is 0 Å². The number of rotatable bonds is 4. The fourth-order valence-electron chi connectivity index (χ4n) is 3.78. The van der Waals surface area contributed by atoms with Gasteiger partial charge in [0.2, 0.25) is 0 Å². The summed E-state index contributed by atoms with van der Waals surface area (Å²) in [5.41, 5.74) is 0. The third-order valence-electron chi connectivity index (χ3n) is 4.78. The number of alkyl halides is 6. The average Bonchev–Trinajstić information content (AvgIpc) is 2.66. The molecule has 0 bridgehead atoms. The molecule has 0 amide bonds. The molecule has 3 aromatic carbocycles. The second kappa shape index (κ2) is 7.81. The Morgan fingerprint density at radius 3 is 0.929 bits per heavy atom. The molecule has 0 N–H and O–H groups in total. The van der Waals surface area contributed by atoms with Crippen molar-refractivity contribution in [2.24, 2.45) is 0 Å². The second-order valence-corrected chi connectivity index (χ2v) is 17.6. The van der Waals surface area contributed by atoms with E-state index in [0.717, 1.165) is 0 Å². The van der Waals surface area contributed by atoms with E-state index in [1.807, 2.05) is 0 Å². The molecule has 146 valence electrons. The normalized spacial score (nSPS) is 13.0. The van der Waals surface area contributed by atoms with Crippen LogP contribution in [0.1, 0.15) is 0 Å². The van der Waals surface area contributed by atoms with Crippen LogP contribution in [0.5, 0.6) is 0 Å². The van der Waals surface area contributed by atoms with Gasteiger partial charge < -0.3 is 0 Å². The van der Waals surface area contributed by atoms with Gasteiger partial charge in [-0.3, -0.25) is 0 Å². The maximum atomic E-state index is 14.1. The van der Waals surface area contributed by atoms with E-state index in [9.17, 15) is 26.3 Å². The third-order valence-corrected chi connectivity index (χ3v) is 19.8. The van der Waals surface area contributed by atoms with Crippen LogP contribution in [0.3, 0.4) is 0 Å². The molecule has 0 spiro atoms. The third kappa shape index (κ3) is 3.79. The van der Waals surface area contributed by atoms with Crippen LogP contribution in [-0.4, -0.2) is 30.7 Å². The van der Waals surface area contributed by atoms with E-state index in [2.05, 4.69) is 0 Å². The molecule has 0 nitrogen and oxygen atoms in total. The standard InChI is InChI=1S/3C6H5.C3HF6.Sn/c3*1-2-4-6-5-3-1;4-2(5,6)1-3(7,8)9;/h3*1-5H;1H;. The molecule has 0 saturated carbocycles. The van der Waals surface area contributed by atoms with Crippen LogP contribution in [0.25, 0.3) is 0 Å². The first kappa shape index (κ1) is 20.8. The predicted molar refractivity (Wildman–Crippen MR) is 99.8 cm³/mol. The monoisotopic (exact) mass is 502 g/mol.